The van der Waals surface area contributed by atoms with E-state index in [4.69, 9.17) is 17.3 Å². The van der Waals surface area contributed by atoms with Crippen LogP contribution in [0, 0.1) is 5.82 Å². The molecule has 0 unspecified atom stereocenters. The fourth-order valence-corrected chi connectivity index (χ4v) is 1.80. The fourth-order valence-electron chi connectivity index (χ4n) is 0.862. The Kier molecular flexibility index (Phi) is 1.62. The number of nitrogens with two attached hydrogens (primary N) is 1. The summed E-state index contributed by atoms with van der Waals surface area (Å²) in [4.78, 5) is 7.45. The highest BCUT2D eigenvalue weighted by atomic mass is 35.5. The molecule has 0 atom stereocenters. The molecule has 2 aromatic heterocycles. The lowest BCUT2D eigenvalue weighted by Crippen LogP contribution is -1.82. The summed E-state index contributed by atoms with van der Waals surface area (Å²) in [7, 11) is 0. The average molecular weight is 204 g/mol. The van der Waals surface area contributed by atoms with E-state index in [0.29, 0.717) is 15.3 Å². The van der Waals surface area contributed by atoms with Gasteiger partial charge in [-0.3, -0.25) is 0 Å². The van der Waals surface area contributed by atoms with Gasteiger partial charge in [0.15, 0.2) is 16.1 Å². The van der Waals surface area contributed by atoms with E-state index >= 15 is 0 Å². The standard InChI is InChI=1S/C6H3ClFN3S/c7-5-3(8)4-2(1-10-5)11-6(9)12-4/h1H,(H2,9,11). The van der Waals surface area contributed by atoms with E-state index in [2.05, 4.69) is 9.97 Å². The molecule has 0 bridgehead atoms. The van der Waals surface area contributed by atoms with E-state index in [1.807, 2.05) is 0 Å². The minimum Gasteiger partial charge on any atom is -0.375 e. The third-order valence-corrected chi connectivity index (χ3v) is 2.51. The Balaban J connectivity index is 2.89. The molecular formula is C6H3ClFN3S. The predicted molar refractivity (Wildman–Crippen MR) is 46.8 cm³/mol. The summed E-state index contributed by atoms with van der Waals surface area (Å²) in [5.41, 5.74) is 5.82. The van der Waals surface area contributed by atoms with Gasteiger partial charge in [-0.25, -0.2) is 14.4 Å². The Morgan fingerprint density at radius 3 is 3.08 bits per heavy atom. The number of hydrogen-bond acceptors (Lipinski definition) is 4. The lowest BCUT2D eigenvalue weighted by Gasteiger charge is -1.91. The highest BCUT2D eigenvalue weighted by molar-refractivity contribution is 7.22. The third-order valence-electron chi connectivity index (χ3n) is 1.35. The molecule has 2 aromatic rings. The number of rotatable bonds is 0. The minimum absolute atomic E-state index is 0.147. The lowest BCUT2D eigenvalue weighted by atomic mass is 10.4. The van der Waals surface area contributed by atoms with Crippen molar-refractivity contribution in [1.82, 2.24) is 9.97 Å². The van der Waals surface area contributed by atoms with Crippen LogP contribution in [0.25, 0.3) is 10.2 Å². The number of nitrogens with zero attached hydrogens (tertiary/aromatic N) is 2. The molecule has 2 N–H and O–H groups in total. The van der Waals surface area contributed by atoms with Gasteiger partial charge in [-0.15, -0.1) is 0 Å². The van der Waals surface area contributed by atoms with Gasteiger partial charge in [-0.05, 0) is 0 Å². The molecule has 0 amide bonds. The lowest BCUT2D eigenvalue weighted by molar-refractivity contribution is 0.636. The molecule has 0 spiro atoms. The largest absolute Gasteiger partial charge is 0.375 e. The smallest absolute Gasteiger partial charge is 0.181 e. The van der Waals surface area contributed by atoms with Crippen molar-refractivity contribution in [1.29, 1.82) is 0 Å². The summed E-state index contributed by atoms with van der Waals surface area (Å²) in [5.74, 6) is -0.552. The van der Waals surface area contributed by atoms with Gasteiger partial charge < -0.3 is 5.73 Å². The first-order chi connectivity index (χ1) is 5.68. The first-order valence-corrected chi connectivity index (χ1v) is 4.24. The van der Waals surface area contributed by atoms with Crippen LogP contribution in [0.2, 0.25) is 5.15 Å². The van der Waals surface area contributed by atoms with Crippen molar-refractivity contribution in [3.8, 4) is 0 Å². The molecule has 0 aliphatic rings. The van der Waals surface area contributed by atoms with Crippen molar-refractivity contribution in [2.45, 2.75) is 0 Å². The zero-order chi connectivity index (χ0) is 8.72. The van der Waals surface area contributed by atoms with Gasteiger partial charge in [0.1, 0.15) is 5.52 Å². The first kappa shape index (κ1) is 7.70. The summed E-state index contributed by atoms with van der Waals surface area (Å²) in [6.45, 7) is 0. The Labute approximate surface area is 76.0 Å². The second kappa shape index (κ2) is 2.53. The van der Waals surface area contributed by atoms with Gasteiger partial charge >= 0.3 is 0 Å². The second-order valence-electron chi connectivity index (χ2n) is 2.13. The van der Waals surface area contributed by atoms with Crippen molar-refractivity contribution in [3.63, 3.8) is 0 Å². The number of fused-ring (bicyclic) bond motifs is 1. The molecule has 62 valence electrons. The van der Waals surface area contributed by atoms with Crippen LogP contribution in [-0.4, -0.2) is 9.97 Å². The normalized spacial score (nSPS) is 10.8. The summed E-state index contributed by atoms with van der Waals surface area (Å²) < 4.78 is 13.5. The number of pyridine rings is 1. The molecule has 6 heteroatoms. The zero-order valence-electron chi connectivity index (χ0n) is 5.71. The number of hydrogen-bond donors (Lipinski definition) is 1. The van der Waals surface area contributed by atoms with Gasteiger partial charge in [-0.2, -0.15) is 0 Å². The van der Waals surface area contributed by atoms with Gasteiger partial charge in [0.05, 0.1) is 10.9 Å². The average Bonchev–Trinajstić information content (AvgIpc) is 2.39. The van der Waals surface area contributed by atoms with Crippen molar-refractivity contribution >= 4 is 38.3 Å². The van der Waals surface area contributed by atoms with Gasteiger partial charge in [0, 0.05) is 0 Å². The minimum atomic E-state index is -0.552. The third kappa shape index (κ3) is 1.02. The Morgan fingerprint density at radius 1 is 1.58 bits per heavy atom. The highest BCUT2D eigenvalue weighted by Crippen LogP contribution is 2.28. The van der Waals surface area contributed by atoms with E-state index in [1.165, 1.54) is 6.20 Å². The zero-order valence-corrected chi connectivity index (χ0v) is 7.29. The van der Waals surface area contributed by atoms with Crippen LogP contribution in [0.4, 0.5) is 9.52 Å². The van der Waals surface area contributed by atoms with Crippen molar-refractivity contribution in [2.75, 3.05) is 5.73 Å². The van der Waals surface area contributed by atoms with Crippen molar-refractivity contribution < 1.29 is 4.39 Å². The predicted octanol–water partition coefficient (Wildman–Crippen LogP) is 2.07. The van der Waals surface area contributed by atoms with Crippen LogP contribution >= 0.6 is 22.9 Å². The van der Waals surface area contributed by atoms with E-state index < -0.39 is 5.82 Å². The van der Waals surface area contributed by atoms with Crippen LogP contribution < -0.4 is 5.73 Å². The number of halogens is 2. The molecule has 2 heterocycles. The molecule has 12 heavy (non-hydrogen) atoms. The second-order valence-corrected chi connectivity index (χ2v) is 3.52. The van der Waals surface area contributed by atoms with Gasteiger partial charge in [-0.1, -0.05) is 22.9 Å². The Morgan fingerprint density at radius 2 is 2.33 bits per heavy atom. The number of anilines is 1. The van der Waals surface area contributed by atoms with Crippen LogP contribution in [-0.2, 0) is 0 Å². The Hall–Kier alpha value is -0.940. The highest BCUT2D eigenvalue weighted by Gasteiger charge is 2.10. The van der Waals surface area contributed by atoms with Crippen LogP contribution in [0.3, 0.4) is 0 Å². The summed E-state index contributed by atoms with van der Waals surface area (Å²) in [5, 5.41) is 0.166. The SMILES string of the molecule is Nc1nc2cnc(Cl)c(F)c2s1. The molecule has 0 radical (unpaired) electrons. The summed E-state index contributed by atoms with van der Waals surface area (Å²) >= 11 is 6.51. The van der Waals surface area contributed by atoms with Crippen LogP contribution in [0.15, 0.2) is 6.20 Å². The summed E-state index contributed by atoms with van der Waals surface area (Å²) in [6, 6.07) is 0. The van der Waals surface area contributed by atoms with E-state index in [-0.39, 0.29) is 5.15 Å². The Bertz CT molecular complexity index is 442. The van der Waals surface area contributed by atoms with E-state index in [9.17, 15) is 4.39 Å². The topological polar surface area (TPSA) is 51.8 Å². The molecule has 0 fully saturated rings. The fraction of sp³-hybridized carbons (Fsp3) is 0. The van der Waals surface area contributed by atoms with Crippen LogP contribution in [0.5, 0.6) is 0 Å². The molecule has 0 saturated heterocycles. The maximum atomic E-state index is 13.1. The molecule has 0 aliphatic heterocycles. The first-order valence-electron chi connectivity index (χ1n) is 3.04. The monoisotopic (exact) mass is 203 g/mol. The molecule has 0 aromatic carbocycles. The molecular weight excluding hydrogens is 201 g/mol. The quantitative estimate of drug-likeness (QED) is 0.667. The maximum Gasteiger partial charge on any atom is 0.181 e. The molecule has 0 saturated carbocycles. The number of nitrogen functional groups attached to an aromatic ring is 1. The van der Waals surface area contributed by atoms with Gasteiger partial charge in [0.25, 0.3) is 0 Å². The summed E-state index contributed by atoms with van der Waals surface area (Å²) in [6.07, 6.45) is 1.40. The molecule has 0 aliphatic carbocycles. The van der Waals surface area contributed by atoms with Crippen molar-refractivity contribution in [2.24, 2.45) is 0 Å². The maximum absolute atomic E-state index is 13.1. The molecule has 3 nitrogen and oxygen atoms in total. The number of aromatic nitrogens is 2. The number of thiazole rings is 1. The van der Waals surface area contributed by atoms with Crippen molar-refractivity contribution in [3.05, 3.63) is 17.2 Å². The van der Waals surface area contributed by atoms with E-state index in [0.717, 1.165) is 11.3 Å². The molecule has 2 rings (SSSR count). The van der Waals surface area contributed by atoms with Gasteiger partial charge in [0.2, 0.25) is 0 Å². The van der Waals surface area contributed by atoms with E-state index in [1.54, 1.807) is 0 Å². The van der Waals surface area contributed by atoms with Crippen LogP contribution in [0.1, 0.15) is 0 Å².